The van der Waals surface area contributed by atoms with Crippen molar-refractivity contribution in [1.82, 2.24) is 4.90 Å². The minimum Gasteiger partial charge on any atom is -0.477 e. The van der Waals surface area contributed by atoms with Gasteiger partial charge < -0.3 is 29.0 Å². The van der Waals surface area contributed by atoms with Gasteiger partial charge in [-0.05, 0) is 97.0 Å². The van der Waals surface area contributed by atoms with E-state index in [1.165, 1.54) is 57.8 Å². The molecular weight excluding hydrogens is 606 g/mol. The summed E-state index contributed by atoms with van der Waals surface area (Å²) in [6.07, 6.45) is 22.6. The van der Waals surface area contributed by atoms with Crippen molar-refractivity contribution in [2.45, 2.75) is 166 Å². The van der Waals surface area contributed by atoms with Crippen molar-refractivity contribution in [2.75, 3.05) is 13.6 Å². The van der Waals surface area contributed by atoms with Crippen molar-refractivity contribution in [1.29, 1.82) is 0 Å². The number of rotatable bonds is 17. The van der Waals surface area contributed by atoms with Crippen LogP contribution in [0.15, 0.2) is 36.1 Å². The van der Waals surface area contributed by atoms with Gasteiger partial charge in [-0.3, -0.25) is 4.79 Å². The molecule has 0 amide bonds. The first-order valence-corrected chi connectivity index (χ1v) is 18.7. The van der Waals surface area contributed by atoms with Gasteiger partial charge in [0.1, 0.15) is 11.4 Å². The molecule has 1 aromatic rings. The zero-order valence-corrected chi connectivity index (χ0v) is 30.1. The first-order valence-electron chi connectivity index (χ1n) is 18.7. The predicted octanol–water partition coefficient (Wildman–Crippen LogP) is 8.86. The predicted molar refractivity (Wildman–Crippen MR) is 187 cm³/mol. The number of hydrogen-bond acceptors (Lipinski definition) is 8. The summed E-state index contributed by atoms with van der Waals surface area (Å²) in [5.41, 5.74) is -0.708. The van der Waals surface area contributed by atoms with Crippen LogP contribution in [0.25, 0.3) is 0 Å². The summed E-state index contributed by atoms with van der Waals surface area (Å²) in [6, 6.07) is 3.60. The second kappa shape index (κ2) is 15.8. The maximum absolute atomic E-state index is 13.1. The molecule has 2 bridgehead atoms. The molecule has 1 spiro atoms. The molecule has 4 atom stereocenters. The number of likely N-dealkylation sites (tertiary alicyclic amines) is 1. The number of likely N-dealkylation sites (N-methyl/N-ethyl adjacent to an activating group) is 1. The third kappa shape index (κ3) is 7.80. The third-order valence-corrected chi connectivity index (χ3v) is 10.8. The Morgan fingerprint density at radius 2 is 1.65 bits per heavy atom. The second-order valence-corrected chi connectivity index (χ2v) is 15.5. The number of piperidine rings is 1. The van der Waals surface area contributed by atoms with Crippen molar-refractivity contribution >= 4 is 12.1 Å². The molecule has 4 aliphatic rings. The average Bonchev–Trinajstić information content (AvgIpc) is 3.38. The Hall–Kier alpha value is -2.84. The average molecular weight is 666 g/mol. The number of aliphatic hydroxyl groups is 1. The number of ether oxygens (including phenoxy) is 4. The molecule has 1 aromatic carbocycles. The monoisotopic (exact) mass is 665 g/mol. The highest BCUT2D eigenvalue weighted by atomic mass is 16.7. The molecule has 2 aliphatic carbocycles. The lowest BCUT2D eigenvalue weighted by Gasteiger charge is -2.61. The van der Waals surface area contributed by atoms with Gasteiger partial charge in [-0.2, -0.15) is 0 Å². The van der Waals surface area contributed by atoms with Gasteiger partial charge in [-0.1, -0.05) is 76.5 Å². The molecule has 0 unspecified atom stereocenters. The van der Waals surface area contributed by atoms with Crippen LogP contribution >= 0.6 is 0 Å². The third-order valence-electron chi connectivity index (χ3n) is 10.8. The van der Waals surface area contributed by atoms with Gasteiger partial charge in [-0.15, -0.1) is 0 Å². The summed E-state index contributed by atoms with van der Waals surface area (Å²) >= 11 is 0. The molecule has 1 N–H and O–H groups in total. The SMILES string of the molecule is CCCCCCCC/C=C\CCCCCCCC(=O)OC1=CC[C@@]2(O)[C@H]3Cc4ccc(OC(=O)OC(C)(C)C)c5c4[C@@]2(CCN3C)[C@H]1O5. The molecule has 2 aliphatic heterocycles. The number of unbranched alkanes of at least 4 members (excludes halogenated alkanes) is 11. The van der Waals surface area contributed by atoms with Crippen LogP contribution in [0.1, 0.15) is 142 Å². The smallest absolute Gasteiger partial charge is 0.477 e. The van der Waals surface area contributed by atoms with Crippen LogP contribution in [-0.2, 0) is 26.1 Å². The summed E-state index contributed by atoms with van der Waals surface area (Å²) in [6.45, 7) is 8.37. The fraction of sp³-hybridized carbons (Fsp3) is 0.700. The van der Waals surface area contributed by atoms with E-state index >= 15 is 0 Å². The Kier molecular flexibility index (Phi) is 12.0. The Labute approximate surface area is 288 Å². The standard InChI is InChI=1S/C40H59NO7/c1-6-7-8-9-10-11-12-13-14-15-16-17-18-19-20-21-33(42)45-31-24-25-40(44)32-28-29-22-23-30(46-37(43)48-38(2,3)4)35-34(29)39(40,36(31)47-35)26-27-41(32)5/h13-14,22-24,32,36,44H,6-12,15-21,25-28H2,1-5H3/b14-13-/t32-,36+,39+,40-/m1/s1. The van der Waals surface area contributed by atoms with Crippen LogP contribution in [0, 0.1) is 0 Å². The van der Waals surface area contributed by atoms with Gasteiger partial charge in [0, 0.05) is 24.4 Å². The molecule has 0 radical (unpaired) electrons. The minimum atomic E-state index is -1.12. The van der Waals surface area contributed by atoms with E-state index in [4.69, 9.17) is 18.9 Å². The minimum absolute atomic E-state index is 0.113. The summed E-state index contributed by atoms with van der Waals surface area (Å²) < 4.78 is 23.8. The van der Waals surface area contributed by atoms with Crippen molar-refractivity contribution in [3.63, 3.8) is 0 Å². The van der Waals surface area contributed by atoms with E-state index in [1.54, 1.807) is 26.8 Å². The van der Waals surface area contributed by atoms with E-state index in [0.29, 0.717) is 37.2 Å². The number of carbonyl (C=O) groups excluding carboxylic acids is 2. The van der Waals surface area contributed by atoms with Gasteiger partial charge in [0.25, 0.3) is 0 Å². The van der Waals surface area contributed by atoms with E-state index in [2.05, 4.69) is 31.0 Å². The number of hydrogen-bond donors (Lipinski definition) is 1. The van der Waals surface area contributed by atoms with E-state index in [-0.39, 0.29) is 17.8 Å². The number of nitrogens with zero attached hydrogens (tertiary/aromatic N) is 1. The van der Waals surface area contributed by atoms with Gasteiger partial charge in [0.15, 0.2) is 17.6 Å². The molecular formula is C40H59NO7. The van der Waals surface area contributed by atoms with Crippen LogP contribution in [0.3, 0.4) is 0 Å². The number of benzene rings is 1. The van der Waals surface area contributed by atoms with E-state index in [1.807, 2.05) is 12.1 Å². The molecule has 266 valence electrons. The highest BCUT2D eigenvalue weighted by molar-refractivity contribution is 5.73. The molecule has 8 heteroatoms. The van der Waals surface area contributed by atoms with Crippen molar-refractivity contribution < 1.29 is 33.6 Å². The lowest BCUT2D eigenvalue weighted by atomic mass is 9.50. The Morgan fingerprint density at radius 1 is 0.979 bits per heavy atom. The van der Waals surface area contributed by atoms with E-state index in [9.17, 15) is 14.7 Å². The molecule has 48 heavy (non-hydrogen) atoms. The Morgan fingerprint density at radius 3 is 2.33 bits per heavy atom. The van der Waals surface area contributed by atoms with Gasteiger partial charge in [0.05, 0.1) is 11.0 Å². The second-order valence-electron chi connectivity index (χ2n) is 15.5. The molecule has 1 fully saturated rings. The molecule has 2 heterocycles. The van der Waals surface area contributed by atoms with E-state index < -0.39 is 28.9 Å². The van der Waals surface area contributed by atoms with Crippen LogP contribution < -0.4 is 9.47 Å². The van der Waals surface area contributed by atoms with Gasteiger partial charge in [-0.25, -0.2) is 4.79 Å². The summed E-state index contributed by atoms with van der Waals surface area (Å²) in [4.78, 5) is 28.0. The summed E-state index contributed by atoms with van der Waals surface area (Å²) in [5.74, 6) is 0.871. The molecule has 8 nitrogen and oxygen atoms in total. The molecule has 5 rings (SSSR count). The fourth-order valence-electron chi connectivity index (χ4n) is 8.39. The van der Waals surface area contributed by atoms with Gasteiger partial charge >= 0.3 is 12.1 Å². The van der Waals surface area contributed by atoms with Crippen LogP contribution in [0.4, 0.5) is 4.79 Å². The highest BCUT2D eigenvalue weighted by Crippen LogP contribution is 2.65. The fourth-order valence-corrected chi connectivity index (χ4v) is 8.39. The van der Waals surface area contributed by atoms with Crippen LogP contribution in [0.2, 0.25) is 0 Å². The van der Waals surface area contributed by atoms with Crippen LogP contribution in [-0.4, -0.2) is 59.1 Å². The van der Waals surface area contributed by atoms with E-state index in [0.717, 1.165) is 43.4 Å². The van der Waals surface area contributed by atoms with Gasteiger partial charge in [0.2, 0.25) is 0 Å². The maximum atomic E-state index is 13.1. The van der Waals surface area contributed by atoms with Crippen LogP contribution in [0.5, 0.6) is 11.5 Å². The molecule has 0 aromatic heterocycles. The molecule has 0 saturated carbocycles. The zero-order valence-electron chi connectivity index (χ0n) is 30.1. The number of allylic oxidation sites excluding steroid dienone is 2. The Bertz CT molecular complexity index is 1350. The number of esters is 1. The lowest BCUT2D eigenvalue weighted by molar-refractivity contribution is -0.169. The molecule has 1 saturated heterocycles. The van der Waals surface area contributed by atoms with Crippen molar-refractivity contribution in [3.8, 4) is 11.5 Å². The first-order chi connectivity index (χ1) is 23.0. The lowest BCUT2D eigenvalue weighted by Crippen LogP contribution is -2.74. The summed E-state index contributed by atoms with van der Waals surface area (Å²) in [5, 5.41) is 12.5. The largest absolute Gasteiger partial charge is 0.514 e. The normalized spacial score (nSPS) is 25.8. The van der Waals surface area contributed by atoms with Crippen molar-refractivity contribution in [3.05, 3.63) is 47.2 Å². The maximum Gasteiger partial charge on any atom is 0.514 e. The highest BCUT2D eigenvalue weighted by Gasteiger charge is 2.72. The zero-order chi connectivity index (χ0) is 34.4. The van der Waals surface area contributed by atoms with Crippen molar-refractivity contribution in [2.24, 2.45) is 0 Å². The first kappa shape index (κ1) is 36.4. The quantitative estimate of drug-likeness (QED) is 0.0763. The topological polar surface area (TPSA) is 94.5 Å². The summed E-state index contributed by atoms with van der Waals surface area (Å²) in [7, 11) is 2.06. The number of carbonyl (C=O) groups is 2. The Balaban J connectivity index is 1.14.